The van der Waals surface area contributed by atoms with Gasteiger partial charge in [-0.2, -0.15) is 0 Å². The van der Waals surface area contributed by atoms with Crippen molar-refractivity contribution in [1.29, 1.82) is 0 Å². The molecule has 2 nitrogen and oxygen atoms in total. The third-order valence-corrected chi connectivity index (χ3v) is 4.40. The predicted octanol–water partition coefficient (Wildman–Crippen LogP) is 5.05. The summed E-state index contributed by atoms with van der Waals surface area (Å²) in [5, 5.41) is 5.44. The summed E-state index contributed by atoms with van der Waals surface area (Å²) in [7, 11) is 0. The fraction of sp³-hybridized carbons (Fsp3) is 0.150. The lowest BCUT2D eigenvalue weighted by atomic mass is 10.0. The van der Waals surface area contributed by atoms with Crippen molar-refractivity contribution < 1.29 is 9.18 Å². The molecule has 0 bridgehead atoms. The van der Waals surface area contributed by atoms with Crippen LogP contribution >= 0.6 is 11.6 Å². The Hall–Kier alpha value is -2.39. The van der Waals surface area contributed by atoms with E-state index < -0.39 is 5.82 Å². The van der Waals surface area contributed by atoms with Crippen LogP contribution in [0.2, 0.25) is 5.02 Å². The van der Waals surface area contributed by atoms with E-state index in [4.69, 9.17) is 11.6 Å². The highest BCUT2D eigenvalue weighted by Crippen LogP contribution is 2.22. The molecule has 0 aliphatic rings. The van der Waals surface area contributed by atoms with Crippen molar-refractivity contribution in [3.63, 3.8) is 0 Å². The first kappa shape index (κ1) is 16.5. The average Bonchev–Trinajstić information content (AvgIpc) is 2.58. The van der Waals surface area contributed by atoms with Gasteiger partial charge in [0, 0.05) is 10.6 Å². The van der Waals surface area contributed by atoms with Crippen LogP contribution in [-0.2, 0) is 11.2 Å². The molecule has 0 aromatic heterocycles. The highest BCUT2D eigenvalue weighted by Gasteiger charge is 2.14. The second-order valence-corrected chi connectivity index (χ2v) is 6.18. The van der Waals surface area contributed by atoms with E-state index in [2.05, 4.69) is 11.4 Å². The van der Waals surface area contributed by atoms with Crippen molar-refractivity contribution in [3.05, 3.63) is 82.6 Å². The molecule has 122 valence electrons. The minimum atomic E-state index is -0.462. The molecule has 0 aliphatic heterocycles. The number of carbonyl (C=O) groups excluding carboxylic acids is 1. The number of hydrogen-bond acceptors (Lipinski definition) is 1. The van der Waals surface area contributed by atoms with Crippen LogP contribution in [0.15, 0.2) is 60.7 Å². The Morgan fingerprint density at radius 1 is 1.08 bits per heavy atom. The van der Waals surface area contributed by atoms with E-state index in [0.29, 0.717) is 0 Å². The summed E-state index contributed by atoms with van der Waals surface area (Å²) in [6.07, 6.45) is -0.0799. The summed E-state index contributed by atoms with van der Waals surface area (Å²) in [6.45, 7) is 1.91. The SMILES string of the molecule is C[C@H](NC(=O)Cc1c(F)cccc1Cl)c1ccc2ccccc2c1. The Kier molecular flexibility index (Phi) is 4.81. The largest absolute Gasteiger partial charge is 0.349 e. The van der Waals surface area contributed by atoms with Gasteiger partial charge in [0.1, 0.15) is 5.82 Å². The van der Waals surface area contributed by atoms with Gasteiger partial charge in [0.05, 0.1) is 12.5 Å². The molecule has 0 fully saturated rings. The van der Waals surface area contributed by atoms with Gasteiger partial charge in [-0.3, -0.25) is 4.79 Å². The van der Waals surface area contributed by atoms with Gasteiger partial charge in [0.15, 0.2) is 0 Å². The van der Waals surface area contributed by atoms with Crippen LogP contribution < -0.4 is 5.32 Å². The number of hydrogen-bond donors (Lipinski definition) is 1. The third-order valence-electron chi connectivity index (χ3n) is 4.05. The molecule has 0 spiro atoms. The maximum atomic E-state index is 13.8. The molecule has 3 rings (SSSR count). The summed E-state index contributed by atoms with van der Waals surface area (Å²) in [4.78, 5) is 12.2. The zero-order valence-corrected chi connectivity index (χ0v) is 14.0. The number of rotatable bonds is 4. The van der Waals surface area contributed by atoms with Gasteiger partial charge in [0.25, 0.3) is 0 Å². The summed E-state index contributed by atoms with van der Waals surface area (Å²) in [5.41, 5.74) is 1.23. The van der Waals surface area contributed by atoms with Crippen LogP contribution in [0, 0.1) is 5.82 Å². The molecule has 0 saturated heterocycles. The number of benzene rings is 3. The molecule has 0 unspecified atom stereocenters. The van der Waals surface area contributed by atoms with Gasteiger partial charge in [-0.1, -0.05) is 54.1 Å². The zero-order chi connectivity index (χ0) is 17.1. The van der Waals surface area contributed by atoms with Gasteiger partial charge in [-0.05, 0) is 41.5 Å². The zero-order valence-electron chi connectivity index (χ0n) is 13.2. The molecular formula is C20H17ClFNO. The molecule has 3 aromatic rings. The number of amides is 1. The first-order valence-electron chi connectivity index (χ1n) is 7.75. The average molecular weight is 342 g/mol. The molecule has 0 heterocycles. The monoisotopic (exact) mass is 341 g/mol. The van der Waals surface area contributed by atoms with Crippen LogP contribution in [0.5, 0.6) is 0 Å². The molecule has 0 radical (unpaired) electrons. The van der Waals surface area contributed by atoms with Crippen LogP contribution in [-0.4, -0.2) is 5.91 Å². The maximum absolute atomic E-state index is 13.8. The quantitative estimate of drug-likeness (QED) is 0.706. The van der Waals surface area contributed by atoms with Crippen LogP contribution in [0.3, 0.4) is 0 Å². The van der Waals surface area contributed by atoms with Crippen LogP contribution in [0.25, 0.3) is 10.8 Å². The molecule has 3 aromatic carbocycles. The summed E-state index contributed by atoms with van der Waals surface area (Å²) in [5.74, 6) is -0.723. The van der Waals surface area contributed by atoms with Gasteiger partial charge >= 0.3 is 0 Å². The normalized spacial score (nSPS) is 12.1. The van der Waals surface area contributed by atoms with Gasteiger partial charge in [-0.25, -0.2) is 4.39 Å². The Balaban J connectivity index is 1.73. The van der Waals surface area contributed by atoms with Crippen molar-refractivity contribution >= 4 is 28.3 Å². The fourth-order valence-electron chi connectivity index (χ4n) is 2.71. The van der Waals surface area contributed by atoms with Gasteiger partial charge in [0.2, 0.25) is 5.91 Å². The Morgan fingerprint density at radius 3 is 2.58 bits per heavy atom. The summed E-state index contributed by atoms with van der Waals surface area (Å²) in [6, 6.07) is 18.4. The second kappa shape index (κ2) is 7.02. The molecule has 24 heavy (non-hydrogen) atoms. The first-order valence-corrected chi connectivity index (χ1v) is 8.13. The standard InChI is InChI=1S/C20H17ClFNO/c1-13(15-10-9-14-5-2-3-6-16(14)11-15)23-20(24)12-17-18(21)7-4-8-19(17)22/h2-11,13H,12H2,1H3,(H,23,24)/t13-/m0/s1. The first-order chi connectivity index (χ1) is 11.5. The van der Waals surface area contributed by atoms with E-state index in [1.807, 2.05) is 43.3 Å². The molecule has 1 N–H and O–H groups in total. The van der Waals surface area contributed by atoms with Gasteiger partial charge < -0.3 is 5.32 Å². The molecule has 4 heteroatoms. The van der Waals surface area contributed by atoms with Crippen molar-refractivity contribution in [2.24, 2.45) is 0 Å². The van der Waals surface area contributed by atoms with E-state index in [1.54, 1.807) is 6.07 Å². The summed E-state index contributed by atoms with van der Waals surface area (Å²) >= 11 is 5.97. The molecule has 1 amide bonds. The van der Waals surface area contributed by atoms with E-state index in [-0.39, 0.29) is 29.0 Å². The van der Waals surface area contributed by atoms with Crippen LogP contribution in [0.1, 0.15) is 24.1 Å². The molecule has 1 atom stereocenters. The molecule has 0 saturated carbocycles. The number of fused-ring (bicyclic) bond motifs is 1. The number of nitrogens with one attached hydrogen (secondary N) is 1. The van der Waals surface area contributed by atoms with E-state index in [0.717, 1.165) is 16.3 Å². The molecular weight excluding hydrogens is 325 g/mol. The number of halogens is 2. The van der Waals surface area contributed by atoms with Gasteiger partial charge in [-0.15, -0.1) is 0 Å². The van der Waals surface area contributed by atoms with Crippen molar-refractivity contribution in [3.8, 4) is 0 Å². The minimum absolute atomic E-state index is 0.0799. The van der Waals surface area contributed by atoms with E-state index in [1.165, 1.54) is 12.1 Å². The van der Waals surface area contributed by atoms with Crippen molar-refractivity contribution in [2.75, 3.05) is 0 Å². The lowest BCUT2D eigenvalue weighted by Crippen LogP contribution is -2.28. The lowest BCUT2D eigenvalue weighted by Gasteiger charge is -2.15. The highest BCUT2D eigenvalue weighted by molar-refractivity contribution is 6.31. The topological polar surface area (TPSA) is 29.1 Å². The second-order valence-electron chi connectivity index (χ2n) is 5.77. The maximum Gasteiger partial charge on any atom is 0.225 e. The Morgan fingerprint density at radius 2 is 1.83 bits per heavy atom. The number of carbonyl (C=O) groups is 1. The van der Waals surface area contributed by atoms with Crippen molar-refractivity contribution in [2.45, 2.75) is 19.4 Å². The Labute approximate surface area is 145 Å². The lowest BCUT2D eigenvalue weighted by molar-refractivity contribution is -0.121. The van der Waals surface area contributed by atoms with E-state index >= 15 is 0 Å². The fourth-order valence-corrected chi connectivity index (χ4v) is 2.94. The van der Waals surface area contributed by atoms with Crippen LogP contribution in [0.4, 0.5) is 4.39 Å². The van der Waals surface area contributed by atoms with E-state index in [9.17, 15) is 9.18 Å². The predicted molar refractivity (Wildman–Crippen MR) is 95.6 cm³/mol. The highest BCUT2D eigenvalue weighted by atomic mass is 35.5. The summed E-state index contributed by atoms with van der Waals surface area (Å²) < 4.78 is 13.8. The third kappa shape index (κ3) is 3.57. The van der Waals surface area contributed by atoms with Crippen molar-refractivity contribution in [1.82, 2.24) is 5.32 Å². The minimum Gasteiger partial charge on any atom is -0.349 e. The molecule has 0 aliphatic carbocycles. The smallest absolute Gasteiger partial charge is 0.225 e. The Bertz CT molecular complexity index is 873.